The highest BCUT2D eigenvalue weighted by molar-refractivity contribution is 6.03. The summed E-state index contributed by atoms with van der Waals surface area (Å²) >= 11 is 0. The van der Waals surface area contributed by atoms with Gasteiger partial charge in [-0.15, -0.1) is 5.92 Å². The van der Waals surface area contributed by atoms with Gasteiger partial charge >= 0.3 is 5.97 Å². The number of benzene rings is 2. The van der Waals surface area contributed by atoms with Crippen LogP contribution >= 0.6 is 0 Å². The Labute approximate surface area is 179 Å². The zero-order valence-corrected chi connectivity index (χ0v) is 18.1. The van der Waals surface area contributed by atoms with Gasteiger partial charge in [-0.25, -0.2) is 0 Å². The van der Waals surface area contributed by atoms with Crippen LogP contribution in [0.1, 0.15) is 56.2 Å². The third-order valence-electron chi connectivity index (χ3n) is 4.68. The number of aliphatic carboxylic acids is 1. The lowest BCUT2D eigenvalue weighted by molar-refractivity contribution is -0.137. The SMILES string of the molecule is CC#C[C@@H](CC(=O)O)c1ccc(OCc2ccc(NC)c(C(=N)CC(C)C)c2)cc1. The minimum Gasteiger partial charge on any atom is -0.489 e. The number of carboxylic acid groups (broad SMARTS) is 1. The minimum absolute atomic E-state index is 0.0238. The zero-order valence-electron chi connectivity index (χ0n) is 18.1. The van der Waals surface area contributed by atoms with Gasteiger partial charge in [-0.1, -0.05) is 38.0 Å². The molecule has 30 heavy (non-hydrogen) atoms. The Morgan fingerprint density at radius 2 is 1.87 bits per heavy atom. The summed E-state index contributed by atoms with van der Waals surface area (Å²) < 4.78 is 5.91. The third-order valence-corrected chi connectivity index (χ3v) is 4.68. The van der Waals surface area contributed by atoms with Crippen molar-refractivity contribution in [3.05, 3.63) is 59.2 Å². The number of carbonyl (C=O) groups is 1. The summed E-state index contributed by atoms with van der Waals surface area (Å²) in [5, 5.41) is 20.6. The molecule has 2 rings (SSSR count). The first-order valence-corrected chi connectivity index (χ1v) is 10.1. The normalized spacial score (nSPS) is 11.4. The molecule has 0 saturated heterocycles. The van der Waals surface area contributed by atoms with Gasteiger partial charge in [0.15, 0.2) is 0 Å². The number of carboxylic acids is 1. The van der Waals surface area contributed by atoms with E-state index in [2.05, 4.69) is 31.0 Å². The fourth-order valence-electron chi connectivity index (χ4n) is 3.23. The summed E-state index contributed by atoms with van der Waals surface area (Å²) in [4.78, 5) is 11.1. The van der Waals surface area contributed by atoms with Crippen molar-refractivity contribution in [3.8, 4) is 17.6 Å². The van der Waals surface area contributed by atoms with Gasteiger partial charge in [-0.2, -0.15) is 0 Å². The predicted molar refractivity (Wildman–Crippen MR) is 121 cm³/mol. The smallest absolute Gasteiger partial charge is 0.304 e. The fourth-order valence-corrected chi connectivity index (χ4v) is 3.23. The highest BCUT2D eigenvalue weighted by atomic mass is 16.5. The monoisotopic (exact) mass is 406 g/mol. The summed E-state index contributed by atoms with van der Waals surface area (Å²) in [6.45, 7) is 6.31. The molecule has 0 aliphatic rings. The van der Waals surface area contributed by atoms with E-state index in [0.717, 1.165) is 28.8 Å². The van der Waals surface area contributed by atoms with E-state index < -0.39 is 5.97 Å². The highest BCUT2D eigenvalue weighted by Crippen LogP contribution is 2.24. The van der Waals surface area contributed by atoms with Crippen LogP contribution in [0.5, 0.6) is 5.75 Å². The molecule has 0 aliphatic heterocycles. The van der Waals surface area contributed by atoms with Crippen molar-refractivity contribution in [2.45, 2.75) is 46.1 Å². The van der Waals surface area contributed by atoms with E-state index in [9.17, 15) is 4.79 Å². The van der Waals surface area contributed by atoms with Gasteiger partial charge in [-0.3, -0.25) is 4.79 Å². The molecule has 0 aromatic heterocycles. The number of ether oxygens (including phenoxy) is 1. The van der Waals surface area contributed by atoms with Gasteiger partial charge in [0, 0.05) is 24.0 Å². The Morgan fingerprint density at radius 1 is 1.17 bits per heavy atom. The van der Waals surface area contributed by atoms with Gasteiger partial charge in [-0.05, 0) is 54.7 Å². The first-order valence-electron chi connectivity index (χ1n) is 10.1. The van der Waals surface area contributed by atoms with E-state index in [1.165, 1.54) is 0 Å². The van der Waals surface area contributed by atoms with E-state index in [4.69, 9.17) is 15.3 Å². The van der Waals surface area contributed by atoms with Crippen molar-refractivity contribution in [2.75, 3.05) is 12.4 Å². The van der Waals surface area contributed by atoms with E-state index in [-0.39, 0.29) is 12.3 Å². The maximum Gasteiger partial charge on any atom is 0.304 e. The lowest BCUT2D eigenvalue weighted by Crippen LogP contribution is -2.08. The molecule has 5 heteroatoms. The van der Waals surface area contributed by atoms with Crippen LogP contribution in [0.15, 0.2) is 42.5 Å². The second kappa shape index (κ2) is 11.1. The Kier molecular flexibility index (Phi) is 8.49. The van der Waals surface area contributed by atoms with E-state index in [0.29, 0.717) is 24.0 Å². The molecule has 2 aromatic carbocycles. The average molecular weight is 407 g/mol. The Balaban J connectivity index is 2.10. The van der Waals surface area contributed by atoms with Gasteiger partial charge in [0.2, 0.25) is 0 Å². The van der Waals surface area contributed by atoms with Crippen LogP contribution in [0.4, 0.5) is 5.69 Å². The molecular weight excluding hydrogens is 376 g/mol. The summed E-state index contributed by atoms with van der Waals surface area (Å²) in [6.07, 6.45) is 0.697. The summed E-state index contributed by atoms with van der Waals surface area (Å²) in [5.74, 6) is 5.68. The summed E-state index contributed by atoms with van der Waals surface area (Å²) in [6, 6.07) is 13.4. The molecule has 158 valence electrons. The van der Waals surface area contributed by atoms with Crippen LogP contribution in [-0.2, 0) is 11.4 Å². The fraction of sp³-hybridized carbons (Fsp3) is 0.360. The van der Waals surface area contributed by atoms with Crippen LogP contribution in [0.25, 0.3) is 0 Å². The first kappa shape index (κ1) is 23.0. The van der Waals surface area contributed by atoms with Crippen molar-refractivity contribution in [3.63, 3.8) is 0 Å². The first-order chi connectivity index (χ1) is 14.3. The quantitative estimate of drug-likeness (QED) is 0.369. The van der Waals surface area contributed by atoms with Crippen molar-refractivity contribution in [1.29, 1.82) is 5.41 Å². The molecule has 0 bridgehead atoms. The molecule has 1 atom stereocenters. The molecule has 0 amide bonds. The van der Waals surface area contributed by atoms with Crippen molar-refractivity contribution in [1.82, 2.24) is 0 Å². The molecule has 0 spiro atoms. The molecule has 0 radical (unpaired) electrons. The predicted octanol–water partition coefficient (Wildman–Crippen LogP) is 5.30. The van der Waals surface area contributed by atoms with Crippen LogP contribution < -0.4 is 10.1 Å². The summed E-state index contributed by atoms with van der Waals surface area (Å²) in [7, 11) is 1.86. The number of nitrogens with one attached hydrogen (secondary N) is 2. The lowest BCUT2D eigenvalue weighted by Gasteiger charge is -2.15. The second-order valence-electron chi connectivity index (χ2n) is 7.61. The number of hydrogen-bond donors (Lipinski definition) is 3. The van der Waals surface area contributed by atoms with Crippen LogP contribution in [0.2, 0.25) is 0 Å². The van der Waals surface area contributed by atoms with Crippen LogP contribution in [0, 0.1) is 23.2 Å². The van der Waals surface area contributed by atoms with Gasteiger partial charge in [0.05, 0.1) is 12.3 Å². The van der Waals surface area contributed by atoms with E-state index >= 15 is 0 Å². The number of anilines is 1. The highest BCUT2D eigenvalue weighted by Gasteiger charge is 2.14. The molecule has 0 unspecified atom stereocenters. The molecule has 0 aliphatic carbocycles. The largest absolute Gasteiger partial charge is 0.489 e. The van der Waals surface area contributed by atoms with E-state index in [1.807, 2.05) is 49.5 Å². The maximum atomic E-state index is 11.1. The van der Waals surface area contributed by atoms with Gasteiger partial charge in [0.25, 0.3) is 0 Å². The third kappa shape index (κ3) is 6.66. The molecule has 2 aromatic rings. The maximum absolute atomic E-state index is 11.1. The molecular formula is C25H30N2O3. The molecule has 3 N–H and O–H groups in total. The summed E-state index contributed by atoms with van der Waals surface area (Å²) in [5.41, 5.74) is 4.30. The zero-order chi connectivity index (χ0) is 22.1. The Morgan fingerprint density at radius 3 is 2.43 bits per heavy atom. The van der Waals surface area contributed by atoms with Gasteiger partial charge < -0.3 is 20.6 Å². The lowest BCUT2D eigenvalue weighted by atomic mass is 9.96. The van der Waals surface area contributed by atoms with Crippen molar-refractivity contribution < 1.29 is 14.6 Å². The van der Waals surface area contributed by atoms with Crippen molar-refractivity contribution >= 4 is 17.4 Å². The van der Waals surface area contributed by atoms with Gasteiger partial charge in [0.1, 0.15) is 12.4 Å². The second-order valence-corrected chi connectivity index (χ2v) is 7.61. The standard InChI is InChI=1S/C25H30N2O3/c1-5-6-20(15-25(28)29)19-8-10-21(11-9-19)30-16-18-7-12-24(27-4)22(14-18)23(26)13-17(2)3/h7-12,14,17,20,26-27H,13,15-16H2,1-4H3,(H,28,29)/t20-/m0/s1. The molecule has 0 fully saturated rings. The Hall–Kier alpha value is -3.26. The Bertz CT molecular complexity index is 937. The molecule has 0 heterocycles. The average Bonchev–Trinajstić information content (AvgIpc) is 2.71. The van der Waals surface area contributed by atoms with Crippen molar-refractivity contribution in [2.24, 2.45) is 5.92 Å². The van der Waals surface area contributed by atoms with E-state index in [1.54, 1.807) is 6.92 Å². The molecule has 0 saturated carbocycles. The topological polar surface area (TPSA) is 82.4 Å². The number of rotatable bonds is 10. The number of hydrogen-bond acceptors (Lipinski definition) is 4. The van der Waals surface area contributed by atoms with Crippen LogP contribution in [0.3, 0.4) is 0 Å². The van der Waals surface area contributed by atoms with Crippen LogP contribution in [-0.4, -0.2) is 23.8 Å². The molecule has 5 nitrogen and oxygen atoms in total. The minimum atomic E-state index is -0.869.